The van der Waals surface area contributed by atoms with Gasteiger partial charge in [-0.05, 0) is 39.8 Å². The Balaban J connectivity index is 2.44. The number of carbonyl (C=O) groups is 1. The van der Waals surface area contributed by atoms with E-state index in [2.05, 4.69) is 23.3 Å². The topological polar surface area (TPSA) is 56.1 Å². The SMILES string of the molecule is CCC(C)(C#N)C(=O)NCC1CCCN1C. The van der Waals surface area contributed by atoms with Gasteiger partial charge in [0.25, 0.3) is 0 Å². The molecule has 4 nitrogen and oxygen atoms in total. The number of rotatable bonds is 4. The summed E-state index contributed by atoms with van der Waals surface area (Å²) in [6.07, 6.45) is 2.88. The average Bonchev–Trinajstić information content (AvgIpc) is 2.70. The van der Waals surface area contributed by atoms with Gasteiger partial charge in [0.15, 0.2) is 0 Å². The molecule has 0 aromatic rings. The van der Waals surface area contributed by atoms with Crippen LogP contribution in [0.5, 0.6) is 0 Å². The highest BCUT2D eigenvalue weighted by atomic mass is 16.2. The number of likely N-dealkylation sites (N-methyl/N-ethyl adjacent to an activating group) is 1. The Labute approximate surface area is 97.6 Å². The molecule has 90 valence electrons. The average molecular weight is 223 g/mol. The van der Waals surface area contributed by atoms with Crippen molar-refractivity contribution in [2.45, 2.75) is 39.2 Å². The van der Waals surface area contributed by atoms with Crippen LogP contribution in [0.1, 0.15) is 33.1 Å². The van der Waals surface area contributed by atoms with Crippen molar-refractivity contribution in [3.8, 4) is 6.07 Å². The molecular formula is C12H21N3O. The summed E-state index contributed by atoms with van der Waals surface area (Å²) in [4.78, 5) is 14.1. The van der Waals surface area contributed by atoms with Gasteiger partial charge in [-0.15, -0.1) is 0 Å². The minimum absolute atomic E-state index is 0.141. The lowest BCUT2D eigenvalue weighted by atomic mass is 9.88. The van der Waals surface area contributed by atoms with Crippen LogP contribution in [0, 0.1) is 16.7 Å². The molecule has 0 spiro atoms. The molecule has 1 aliphatic heterocycles. The zero-order chi connectivity index (χ0) is 12.2. The normalized spacial score (nSPS) is 24.8. The molecule has 1 amide bonds. The van der Waals surface area contributed by atoms with E-state index in [1.54, 1.807) is 6.92 Å². The number of nitriles is 1. The summed E-state index contributed by atoms with van der Waals surface area (Å²) in [6.45, 7) is 5.32. The van der Waals surface area contributed by atoms with E-state index in [9.17, 15) is 4.79 Å². The van der Waals surface area contributed by atoms with Crippen LogP contribution < -0.4 is 5.32 Å². The first kappa shape index (κ1) is 13.0. The fraction of sp³-hybridized carbons (Fsp3) is 0.833. The maximum Gasteiger partial charge on any atom is 0.240 e. The second-order valence-electron chi connectivity index (χ2n) is 4.78. The van der Waals surface area contributed by atoms with Crippen LogP contribution >= 0.6 is 0 Å². The molecule has 4 heteroatoms. The van der Waals surface area contributed by atoms with Gasteiger partial charge in [0, 0.05) is 12.6 Å². The molecule has 0 bridgehead atoms. The first-order valence-corrected chi connectivity index (χ1v) is 5.93. The Kier molecular flexibility index (Phi) is 4.31. The van der Waals surface area contributed by atoms with Crippen LogP contribution in [0.3, 0.4) is 0 Å². The molecule has 2 unspecified atom stereocenters. The van der Waals surface area contributed by atoms with Gasteiger partial charge in [0.05, 0.1) is 6.07 Å². The predicted molar refractivity (Wildman–Crippen MR) is 62.7 cm³/mol. The summed E-state index contributed by atoms with van der Waals surface area (Å²) < 4.78 is 0. The molecular weight excluding hydrogens is 202 g/mol. The third-order valence-corrected chi connectivity index (χ3v) is 3.62. The summed E-state index contributed by atoms with van der Waals surface area (Å²) in [5.74, 6) is -0.141. The fourth-order valence-corrected chi connectivity index (χ4v) is 1.93. The maximum absolute atomic E-state index is 11.8. The maximum atomic E-state index is 11.8. The lowest BCUT2D eigenvalue weighted by molar-refractivity contribution is -0.127. The van der Waals surface area contributed by atoms with Crippen molar-refractivity contribution in [2.75, 3.05) is 20.1 Å². The standard InChI is InChI=1S/C12H21N3O/c1-4-12(2,9-13)11(16)14-8-10-6-5-7-15(10)3/h10H,4-8H2,1-3H3,(H,14,16). The first-order valence-electron chi connectivity index (χ1n) is 5.93. The molecule has 2 atom stereocenters. The number of hydrogen-bond donors (Lipinski definition) is 1. The molecule has 16 heavy (non-hydrogen) atoms. The van der Waals surface area contributed by atoms with Gasteiger partial charge in [-0.1, -0.05) is 6.92 Å². The van der Waals surface area contributed by atoms with Gasteiger partial charge in [0.2, 0.25) is 5.91 Å². The Hall–Kier alpha value is -1.08. The number of nitrogens with one attached hydrogen (secondary N) is 1. The summed E-state index contributed by atoms with van der Waals surface area (Å²) in [7, 11) is 2.08. The Bertz CT molecular complexity index is 297. The molecule has 1 aliphatic rings. The highest BCUT2D eigenvalue weighted by Crippen LogP contribution is 2.20. The number of hydrogen-bond acceptors (Lipinski definition) is 3. The van der Waals surface area contributed by atoms with Crippen LogP contribution in [0.2, 0.25) is 0 Å². The lowest BCUT2D eigenvalue weighted by Gasteiger charge is -2.23. The Morgan fingerprint density at radius 2 is 2.38 bits per heavy atom. The number of nitrogens with zero attached hydrogens (tertiary/aromatic N) is 2. The highest BCUT2D eigenvalue weighted by molar-refractivity contribution is 5.84. The molecule has 0 radical (unpaired) electrons. The summed E-state index contributed by atoms with van der Waals surface area (Å²) >= 11 is 0. The van der Waals surface area contributed by atoms with Crippen LogP contribution in [0.4, 0.5) is 0 Å². The first-order chi connectivity index (χ1) is 7.53. The van der Waals surface area contributed by atoms with Crippen molar-refractivity contribution in [3.63, 3.8) is 0 Å². The van der Waals surface area contributed by atoms with Crippen LogP contribution in [-0.4, -0.2) is 37.0 Å². The van der Waals surface area contributed by atoms with Crippen LogP contribution in [0.25, 0.3) is 0 Å². The van der Waals surface area contributed by atoms with E-state index < -0.39 is 5.41 Å². The zero-order valence-corrected chi connectivity index (χ0v) is 10.4. The fourth-order valence-electron chi connectivity index (χ4n) is 1.93. The smallest absolute Gasteiger partial charge is 0.240 e. The molecule has 0 aliphatic carbocycles. The monoisotopic (exact) mass is 223 g/mol. The molecule has 1 fully saturated rings. The van der Waals surface area contributed by atoms with E-state index in [0.717, 1.165) is 13.0 Å². The third kappa shape index (κ3) is 2.73. The second kappa shape index (κ2) is 5.31. The van der Waals surface area contributed by atoms with E-state index >= 15 is 0 Å². The summed E-state index contributed by atoms with van der Waals surface area (Å²) in [5, 5.41) is 11.9. The summed E-state index contributed by atoms with van der Waals surface area (Å²) in [5.41, 5.74) is -0.878. The van der Waals surface area contributed by atoms with Crippen LogP contribution in [0.15, 0.2) is 0 Å². The molecule has 1 heterocycles. The number of likely N-dealkylation sites (tertiary alicyclic amines) is 1. The quantitative estimate of drug-likeness (QED) is 0.777. The van der Waals surface area contributed by atoms with Crippen molar-refractivity contribution in [1.29, 1.82) is 5.26 Å². The minimum Gasteiger partial charge on any atom is -0.353 e. The van der Waals surface area contributed by atoms with E-state index in [4.69, 9.17) is 5.26 Å². The molecule has 0 aromatic heterocycles. The largest absolute Gasteiger partial charge is 0.353 e. The molecule has 1 rings (SSSR count). The predicted octanol–water partition coefficient (Wildman–Crippen LogP) is 1.14. The number of amides is 1. The van der Waals surface area contributed by atoms with Gasteiger partial charge >= 0.3 is 0 Å². The van der Waals surface area contributed by atoms with Crippen molar-refractivity contribution in [3.05, 3.63) is 0 Å². The summed E-state index contributed by atoms with van der Waals surface area (Å²) in [6, 6.07) is 2.52. The van der Waals surface area contributed by atoms with Crippen molar-refractivity contribution in [1.82, 2.24) is 10.2 Å². The van der Waals surface area contributed by atoms with E-state index in [0.29, 0.717) is 19.0 Å². The molecule has 1 N–H and O–H groups in total. The molecule has 0 aromatic carbocycles. The van der Waals surface area contributed by atoms with Gasteiger partial charge in [-0.3, -0.25) is 4.79 Å². The second-order valence-corrected chi connectivity index (χ2v) is 4.78. The number of carbonyl (C=O) groups excluding carboxylic acids is 1. The van der Waals surface area contributed by atoms with Gasteiger partial charge < -0.3 is 10.2 Å². The van der Waals surface area contributed by atoms with Crippen LogP contribution in [-0.2, 0) is 4.79 Å². The zero-order valence-electron chi connectivity index (χ0n) is 10.4. The van der Waals surface area contributed by atoms with Crippen molar-refractivity contribution >= 4 is 5.91 Å². The Morgan fingerprint density at radius 3 is 2.81 bits per heavy atom. The third-order valence-electron chi connectivity index (χ3n) is 3.62. The minimum atomic E-state index is -0.878. The van der Waals surface area contributed by atoms with Gasteiger partial charge in [-0.25, -0.2) is 0 Å². The van der Waals surface area contributed by atoms with E-state index in [1.165, 1.54) is 6.42 Å². The molecule has 0 saturated carbocycles. The van der Waals surface area contributed by atoms with E-state index in [1.807, 2.05) is 6.92 Å². The van der Waals surface area contributed by atoms with E-state index in [-0.39, 0.29) is 5.91 Å². The van der Waals surface area contributed by atoms with Crippen molar-refractivity contribution < 1.29 is 4.79 Å². The van der Waals surface area contributed by atoms with Gasteiger partial charge in [-0.2, -0.15) is 5.26 Å². The molecule has 1 saturated heterocycles. The highest BCUT2D eigenvalue weighted by Gasteiger charge is 2.32. The Morgan fingerprint density at radius 1 is 1.69 bits per heavy atom. The van der Waals surface area contributed by atoms with Gasteiger partial charge in [0.1, 0.15) is 5.41 Å². The lowest BCUT2D eigenvalue weighted by Crippen LogP contribution is -2.43. The van der Waals surface area contributed by atoms with Crippen molar-refractivity contribution in [2.24, 2.45) is 5.41 Å².